The molecule has 196 valence electrons. The summed E-state index contributed by atoms with van der Waals surface area (Å²) in [6.45, 7) is 2.13. The van der Waals surface area contributed by atoms with Crippen LogP contribution >= 0.6 is 11.3 Å². The van der Waals surface area contributed by atoms with Gasteiger partial charge >= 0.3 is 0 Å². The maximum atomic E-state index is 13.6. The van der Waals surface area contributed by atoms with Crippen LogP contribution in [0.5, 0.6) is 11.5 Å². The summed E-state index contributed by atoms with van der Waals surface area (Å²) in [5.74, 6) is 0.653. The van der Waals surface area contributed by atoms with Crippen molar-refractivity contribution in [2.24, 2.45) is 0 Å². The van der Waals surface area contributed by atoms with Gasteiger partial charge in [0, 0.05) is 17.0 Å². The Labute approximate surface area is 227 Å². The van der Waals surface area contributed by atoms with Crippen LogP contribution in [-0.4, -0.2) is 42.0 Å². The monoisotopic (exact) mass is 529 g/mol. The van der Waals surface area contributed by atoms with E-state index in [1.807, 2.05) is 73.0 Å². The maximum absolute atomic E-state index is 13.6. The fourth-order valence-electron chi connectivity index (χ4n) is 4.18. The lowest BCUT2D eigenvalue weighted by atomic mass is 10.1. The van der Waals surface area contributed by atoms with Gasteiger partial charge < -0.3 is 19.7 Å². The molecule has 8 heteroatoms. The van der Waals surface area contributed by atoms with Crippen LogP contribution in [0.4, 0.5) is 5.69 Å². The highest BCUT2D eigenvalue weighted by atomic mass is 32.1. The first kappa shape index (κ1) is 26.9. The molecule has 0 saturated carbocycles. The smallest absolute Gasteiger partial charge is 0.247 e. The molecule has 0 aliphatic rings. The highest BCUT2D eigenvalue weighted by Gasteiger charge is 2.30. The molecule has 1 heterocycles. The molecule has 0 radical (unpaired) electrons. The summed E-state index contributed by atoms with van der Waals surface area (Å²) in [6.07, 6.45) is 0.620. The molecule has 1 unspecified atom stereocenters. The number of hydrogen-bond acceptors (Lipinski definition) is 6. The van der Waals surface area contributed by atoms with Crippen LogP contribution in [0.15, 0.2) is 84.2 Å². The molecule has 0 saturated heterocycles. The van der Waals surface area contributed by atoms with E-state index in [1.54, 1.807) is 30.2 Å². The number of hydrogen-bond donors (Lipinski definition) is 1. The normalized spacial score (nSPS) is 11.4. The molecule has 2 amide bonds. The van der Waals surface area contributed by atoms with Crippen molar-refractivity contribution >= 4 is 28.8 Å². The number of aromatic nitrogens is 1. The van der Waals surface area contributed by atoms with Crippen LogP contribution in [0, 0.1) is 0 Å². The number of thiazole rings is 1. The van der Waals surface area contributed by atoms with Crippen LogP contribution in [0.3, 0.4) is 0 Å². The maximum Gasteiger partial charge on any atom is 0.247 e. The lowest BCUT2D eigenvalue weighted by Gasteiger charge is -2.30. The molecule has 7 nitrogen and oxygen atoms in total. The molecule has 0 fully saturated rings. The van der Waals surface area contributed by atoms with E-state index in [-0.39, 0.29) is 24.8 Å². The van der Waals surface area contributed by atoms with Gasteiger partial charge in [0.1, 0.15) is 22.5 Å². The largest absolute Gasteiger partial charge is 0.497 e. The van der Waals surface area contributed by atoms with Crippen LogP contribution in [-0.2, 0) is 22.6 Å². The van der Waals surface area contributed by atoms with Crippen molar-refractivity contribution in [2.45, 2.75) is 32.4 Å². The number of ether oxygens (including phenoxy) is 2. The van der Waals surface area contributed by atoms with Gasteiger partial charge in [-0.25, -0.2) is 4.98 Å². The number of benzene rings is 3. The first-order valence-electron chi connectivity index (χ1n) is 12.4. The topological polar surface area (TPSA) is 80.8 Å². The zero-order valence-corrected chi connectivity index (χ0v) is 22.5. The van der Waals surface area contributed by atoms with Gasteiger partial charge in [-0.3, -0.25) is 9.59 Å². The molecule has 4 aromatic rings. The molecular formula is C30H31N3O4S. The number of carbonyl (C=O) groups is 2. The molecule has 38 heavy (non-hydrogen) atoms. The minimum atomic E-state index is -0.706. The van der Waals surface area contributed by atoms with Crippen LogP contribution in [0.25, 0.3) is 11.3 Å². The summed E-state index contributed by atoms with van der Waals surface area (Å²) in [5, 5.41) is 5.69. The van der Waals surface area contributed by atoms with Crippen LogP contribution < -0.4 is 14.8 Å². The van der Waals surface area contributed by atoms with Crippen LogP contribution in [0.2, 0.25) is 0 Å². The van der Waals surface area contributed by atoms with Gasteiger partial charge in [0.05, 0.1) is 38.6 Å². The molecule has 1 atom stereocenters. The summed E-state index contributed by atoms with van der Waals surface area (Å²) >= 11 is 1.48. The van der Waals surface area contributed by atoms with Crippen molar-refractivity contribution in [1.82, 2.24) is 9.88 Å². The van der Waals surface area contributed by atoms with Gasteiger partial charge in [-0.2, -0.15) is 0 Å². The fourth-order valence-corrected chi connectivity index (χ4v) is 4.98. The summed E-state index contributed by atoms with van der Waals surface area (Å²) in [6, 6.07) is 23.9. The van der Waals surface area contributed by atoms with E-state index in [2.05, 4.69) is 5.32 Å². The predicted octanol–water partition coefficient (Wildman–Crippen LogP) is 5.82. The van der Waals surface area contributed by atoms with E-state index in [9.17, 15) is 9.59 Å². The van der Waals surface area contributed by atoms with E-state index >= 15 is 0 Å². The van der Waals surface area contributed by atoms with Gasteiger partial charge in [0.15, 0.2) is 0 Å². The molecule has 0 aliphatic heterocycles. The zero-order chi connectivity index (χ0) is 26.9. The van der Waals surface area contributed by atoms with E-state index in [1.165, 1.54) is 18.4 Å². The summed E-state index contributed by atoms with van der Waals surface area (Å²) in [4.78, 5) is 33.6. The van der Waals surface area contributed by atoms with Gasteiger partial charge in [-0.05, 0) is 24.1 Å². The number of rotatable bonds is 11. The highest BCUT2D eigenvalue weighted by Crippen LogP contribution is 2.30. The zero-order valence-electron chi connectivity index (χ0n) is 21.7. The molecule has 1 N–H and O–H groups in total. The van der Waals surface area contributed by atoms with Gasteiger partial charge in [0.2, 0.25) is 11.8 Å². The molecule has 0 aliphatic carbocycles. The number of methoxy groups -OCH3 is 2. The second-order valence-electron chi connectivity index (χ2n) is 8.66. The number of anilines is 1. The third-order valence-corrected chi connectivity index (χ3v) is 7.01. The standard InChI is InChI=1S/C30H31N3O4S/c1-4-26(30(35)32-24-16-15-23(36-2)18-27(24)37-3)33(29(34)17-21-11-7-5-8-12-21)19-28-31-25(20-38-28)22-13-9-6-10-14-22/h5-16,18,20,26H,4,17,19H2,1-3H3,(H,32,35). The van der Waals surface area contributed by atoms with Crippen molar-refractivity contribution in [3.05, 3.63) is 94.8 Å². The first-order chi connectivity index (χ1) is 18.5. The Balaban J connectivity index is 1.60. The van der Waals surface area contributed by atoms with Gasteiger partial charge in [-0.15, -0.1) is 11.3 Å². The Kier molecular flexibility index (Phi) is 9.11. The van der Waals surface area contributed by atoms with E-state index in [4.69, 9.17) is 14.5 Å². The number of nitrogens with zero attached hydrogens (tertiary/aromatic N) is 2. The Morgan fingerprint density at radius 3 is 2.34 bits per heavy atom. The van der Waals surface area contributed by atoms with Crippen molar-refractivity contribution in [2.75, 3.05) is 19.5 Å². The first-order valence-corrected chi connectivity index (χ1v) is 13.3. The van der Waals surface area contributed by atoms with Crippen LogP contribution in [0.1, 0.15) is 23.9 Å². The second kappa shape index (κ2) is 12.9. The molecule has 3 aromatic carbocycles. The Hall–Kier alpha value is -4.17. The van der Waals surface area contributed by atoms with E-state index in [0.717, 1.165) is 21.8 Å². The summed E-state index contributed by atoms with van der Waals surface area (Å²) < 4.78 is 10.7. The Morgan fingerprint density at radius 2 is 1.68 bits per heavy atom. The quantitative estimate of drug-likeness (QED) is 0.265. The number of amides is 2. The van der Waals surface area contributed by atoms with E-state index < -0.39 is 6.04 Å². The van der Waals surface area contributed by atoms with Crippen molar-refractivity contribution in [1.29, 1.82) is 0 Å². The Bertz CT molecular complexity index is 1360. The predicted molar refractivity (Wildman–Crippen MR) is 151 cm³/mol. The SMILES string of the molecule is CCC(C(=O)Nc1ccc(OC)cc1OC)N(Cc1nc(-c2ccccc2)cs1)C(=O)Cc1ccccc1. The lowest BCUT2D eigenvalue weighted by Crippen LogP contribution is -2.47. The molecule has 0 bridgehead atoms. The number of carbonyl (C=O) groups excluding carboxylic acids is 2. The minimum absolute atomic E-state index is 0.142. The third kappa shape index (κ3) is 6.58. The summed E-state index contributed by atoms with van der Waals surface area (Å²) in [7, 11) is 3.10. The molecule has 0 spiro atoms. The Morgan fingerprint density at radius 1 is 0.974 bits per heavy atom. The van der Waals surface area contributed by atoms with Gasteiger partial charge in [-0.1, -0.05) is 67.6 Å². The molecular weight excluding hydrogens is 498 g/mol. The third-order valence-electron chi connectivity index (χ3n) is 6.18. The second-order valence-corrected chi connectivity index (χ2v) is 9.60. The average molecular weight is 530 g/mol. The highest BCUT2D eigenvalue weighted by molar-refractivity contribution is 7.09. The summed E-state index contributed by atoms with van der Waals surface area (Å²) in [5.41, 5.74) is 3.25. The average Bonchev–Trinajstić information content (AvgIpc) is 3.43. The number of nitrogens with one attached hydrogen (secondary N) is 1. The van der Waals surface area contributed by atoms with Crippen molar-refractivity contribution < 1.29 is 19.1 Å². The molecule has 1 aromatic heterocycles. The van der Waals surface area contributed by atoms with E-state index in [0.29, 0.717) is 23.6 Å². The van der Waals surface area contributed by atoms with Crippen molar-refractivity contribution in [3.8, 4) is 22.8 Å². The molecule has 4 rings (SSSR count). The lowest BCUT2D eigenvalue weighted by molar-refractivity contribution is -0.139. The minimum Gasteiger partial charge on any atom is -0.497 e. The van der Waals surface area contributed by atoms with Gasteiger partial charge in [0.25, 0.3) is 0 Å². The van der Waals surface area contributed by atoms with Crippen molar-refractivity contribution in [3.63, 3.8) is 0 Å². The fraction of sp³-hybridized carbons (Fsp3) is 0.233.